The molecule has 1 rings (SSSR count). The van der Waals surface area contributed by atoms with Crippen LogP contribution in [0.2, 0.25) is 0 Å². The van der Waals surface area contributed by atoms with E-state index < -0.39 is 5.97 Å². The molecular weight excluding hydrogens is 252 g/mol. The van der Waals surface area contributed by atoms with Gasteiger partial charge in [-0.3, -0.25) is 9.80 Å². The van der Waals surface area contributed by atoms with Crippen molar-refractivity contribution in [1.29, 1.82) is 0 Å². The van der Waals surface area contributed by atoms with Crippen LogP contribution in [0.15, 0.2) is 0 Å². The molecule has 2 N–H and O–H groups in total. The second kappa shape index (κ2) is 10.1. The number of hydrogen-bond donors (Lipinski definition) is 2. The maximum Gasteiger partial charge on any atom is 0.329 e. The van der Waals surface area contributed by atoms with Crippen LogP contribution in [0.1, 0.15) is 0 Å². The molecule has 1 aliphatic rings. The largest absolute Gasteiger partial charge is 0.480 e. The van der Waals surface area contributed by atoms with Crippen molar-refractivity contribution in [2.75, 3.05) is 72.3 Å². The summed E-state index contributed by atoms with van der Waals surface area (Å²) in [6, 6.07) is 0. The molecule has 1 saturated heterocycles. The third kappa shape index (κ3) is 8.12. The minimum atomic E-state index is -0.923. The summed E-state index contributed by atoms with van der Waals surface area (Å²) in [4.78, 5) is 14.9. The fourth-order valence-corrected chi connectivity index (χ4v) is 1.95. The lowest BCUT2D eigenvalue weighted by Crippen LogP contribution is -2.48. The fourth-order valence-electron chi connectivity index (χ4n) is 1.95. The molecule has 19 heavy (non-hydrogen) atoms. The summed E-state index contributed by atoms with van der Waals surface area (Å²) < 4.78 is 10.3. The predicted molar refractivity (Wildman–Crippen MR) is 69.2 cm³/mol. The highest BCUT2D eigenvalue weighted by molar-refractivity contribution is 5.67. The van der Waals surface area contributed by atoms with Gasteiger partial charge in [0.2, 0.25) is 0 Å². The molecule has 0 spiro atoms. The second-order valence-corrected chi connectivity index (χ2v) is 4.47. The summed E-state index contributed by atoms with van der Waals surface area (Å²) in [5.41, 5.74) is 0. The van der Waals surface area contributed by atoms with Crippen LogP contribution in [-0.2, 0) is 14.3 Å². The van der Waals surface area contributed by atoms with Gasteiger partial charge in [0.25, 0.3) is 0 Å². The molecule has 0 unspecified atom stereocenters. The van der Waals surface area contributed by atoms with Gasteiger partial charge < -0.3 is 19.7 Å². The number of carboxylic acid groups (broad SMARTS) is 1. The molecule has 0 aromatic rings. The molecule has 112 valence electrons. The zero-order chi connectivity index (χ0) is 13.9. The van der Waals surface area contributed by atoms with Gasteiger partial charge in [-0.2, -0.15) is 0 Å². The Morgan fingerprint density at radius 3 is 1.95 bits per heavy atom. The van der Waals surface area contributed by atoms with Crippen LogP contribution in [-0.4, -0.2) is 98.3 Å². The van der Waals surface area contributed by atoms with Gasteiger partial charge in [-0.05, 0) is 0 Å². The lowest BCUT2D eigenvalue weighted by molar-refractivity contribution is -0.142. The van der Waals surface area contributed by atoms with E-state index in [0.29, 0.717) is 19.8 Å². The van der Waals surface area contributed by atoms with Gasteiger partial charge >= 0.3 is 5.97 Å². The Bertz CT molecular complexity index is 244. The van der Waals surface area contributed by atoms with E-state index in [1.807, 2.05) is 0 Å². The average Bonchev–Trinajstić information content (AvgIpc) is 2.41. The molecule has 1 aliphatic heterocycles. The number of aliphatic hydroxyl groups is 1. The number of carboxylic acids is 1. The number of hydrogen-bond acceptors (Lipinski definition) is 6. The first kappa shape index (κ1) is 16.3. The van der Waals surface area contributed by atoms with Crippen LogP contribution in [0, 0.1) is 0 Å². The summed E-state index contributed by atoms with van der Waals surface area (Å²) in [5, 5.41) is 17.0. The maximum absolute atomic E-state index is 10.3. The Hall–Kier alpha value is -0.730. The summed E-state index contributed by atoms with van der Waals surface area (Å²) in [6.45, 7) is 6.96. The van der Waals surface area contributed by atoms with Crippen molar-refractivity contribution < 1.29 is 24.5 Å². The van der Waals surface area contributed by atoms with Crippen LogP contribution in [0.5, 0.6) is 0 Å². The summed E-state index contributed by atoms with van der Waals surface area (Å²) in [5.74, 6) is -0.923. The van der Waals surface area contributed by atoms with E-state index in [1.54, 1.807) is 0 Å². The van der Waals surface area contributed by atoms with Crippen LogP contribution in [0.4, 0.5) is 0 Å². The molecule has 1 heterocycles. The zero-order valence-corrected chi connectivity index (χ0v) is 11.3. The quantitative estimate of drug-likeness (QED) is 0.481. The summed E-state index contributed by atoms with van der Waals surface area (Å²) >= 11 is 0. The van der Waals surface area contributed by atoms with Gasteiger partial charge in [-0.15, -0.1) is 0 Å². The van der Waals surface area contributed by atoms with E-state index in [0.717, 1.165) is 39.3 Å². The Morgan fingerprint density at radius 1 is 0.947 bits per heavy atom. The second-order valence-electron chi connectivity index (χ2n) is 4.47. The van der Waals surface area contributed by atoms with Crippen molar-refractivity contribution in [1.82, 2.24) is 9.80 Å². The highest BCUT2D eigenvalue weighted by atomic mass is 16.5. The van der Waals surface area contributed by atoms with Crippen molar-refractivity contribution >= 4 is 5.97 Å². The number of rotatable bonds is 10. The first-order valence-corrected chi connectivity index (χ1v) is 6.65. The van der Waals surface area contributed by atoms with E-state index in [-0.39, 0.29) is 13.2 Å². The van der Waals surface area contributed by atoms with Gasteiger partial charge in [0.15, 0.2) is 0 Å². The number of carbonyl (C=O) groups is 1. The summed E-state index contributed by atoms with van der Waals surface area (Å²) in [7, 11) is 0. The molecule has 7 nitrogen and oxygen atoms in total. The Morgan fingerprint density at radius 2 is 1.47 bits per heavy atom. The molecule has 0 saturated carbocycles. The van der Waals surface area contributed by atoms with Gasteiger partial charge in [0.1, 0.15) is 6.61 Å². The normalized spacial score (nSPS) is 17.7. The Balaban J connectivity index is 1.97. The summed E-state index contributed by atoms with van der Waals surface area (Å²) in [6.07, 6.45) is 0. The van der Waals surface area contributed by atoms with E-state index in [9.17, 15) is 4.79 Å². The smallest absolute Gasteiger partial charge is 0.329 e. The first-order chi connectivity index (χ1) is 9.22. The van der Waals surface area contributed by atoms with E-state index in [4.69, 9.17) is 19.7 Å². The maximum atomic E-state index is 10.3. The average molecular weight is 276 g/mol. The van der Waals surface area contributed by atoms with Crippen molar-refractivity contribution in [3.8, 4) is 0 Å². The van der Waals surface area contributed by atoms with E-state index in [2.05, 4.69) is 9.80 Å². The zero-order valence-electron chi connectivity index (χ0n) is 11.3. The Labute approximate surface area is 113 Å². The molecule has 7 heteroatoms. The van der Waals surface area contributed by atoms with Crippen LogP contribution < -0.4 is 0 Å². The standard InChI is InChI=1S/C12H24N2O5/c15-7-10-18-8-5-13-1-3-14(4-2-13)6-9-19-11-12(16)17/h15H,1-11H2,(H,16,17). The third-order valence-corrected chi connectivity index (χ3v) is 3.03. The molecule has 1 fully saturated rings. The molecular formula is C12H24N2O5. The topological polar surface area (TPSA) is 82.5 Å². The third-order valence-electron chi connectivity index (χ3n) is 3.03. The van der Waals surface area contributed by atoms with Gasteiger partial charge in [0, 0.05) is 39.3 Å². The minimum absolute atomic E-state index is 0.0735. The molecule has 0 aromatic carbocycles. The Kier molecular flexibility index (Phi) is 8.68. The van der Waals surface area contributed by atoms with Crippen LogP contribution >= 0.6 is 0 Å². The monoisotopic (exact) mass is 276 g/mol. The highest BCUT2D eigenvalue weighted by Gasteiger charge is 2.16. The van der Waals surface area contributed by atoms with Crippen molar-refractivity contribution in [3.05, 3.63) is 0 Å². The molecule has 0 amide bonds. The van der Waals surface area contributed by atoms with E-state index in [1.165, 1.54) is 0 Å². The highest BCUT2D eigenvalue weighted by Crippen LogP contribution is 2.01. The lowest BCUT2D eigenvalue weighted by Gasteiger charge is -2.34. The number of aliphatic carboxylic acids is 1. The van der Waals surface area contributed by atoms with Crippen molar-refractivity contribution in [2.24, 2.45) is 0 Å². The molecule has 0 radical (unpaired) electrons. The number of nitrogens with zero attached hydrogens (tertiary/aromatic N) is 2. The van der Waals surface area contributed by atoms with Crippen LogP contribution in [0.25, 0.3) is 0 Å². The number of piperazine rings is 1. The van der Waals surface area contributed by atoms with Gasteiger partial charge in [-0.25, -0.2) is 4.79 Å². The molecule has 0 aromatic heterocycles. The fraction of sp³-hybridized carbons (Fsp3) is 0.917. The minimum Gasteiger partial charge on any atom is -0.480 e. The lowest BCUT2D eigenvalue weighted by atomic mass is 10.3. The molecule has 0 aliphatic carbocycles. The van der Waals surface area contributed by atoms with Gasteiger partial charge in [-0.1, -0.05) is 0 Å². The van der Waals surface area contributed by atoms with Crippen molar-refractivity contribution in [3.63, 3.8) is 0 Å². The SMILES string of the molecule is O=C(O)COCCN1CCN(CCOCCO)CC1. The molecule has 0 bridgehead atoms. The number of ether oxygens (including phenoxy) is 2. The molecule has 0 atom stereocenters. The van der Waals surface area contributed by atoms with Crippen LogP contribution in [0.3, 0.4) is 0 Å². The van der Waals surface area contributed by atoms with Gasteiger partial charge in [0.05, 0.1) is 26.4 Å². The van der Waals surface area contributed by atoms with Crippen molar-refractivity contribution in [2.45, 2.75) is 0 Å². The first-order valence-electron chi connectivity index (χ1n) is 6.65. The number of aliphatic hydroxyl groups excluding tert-OH is 1. The predicted octanol–water partition coefficient (Wildman–Crippen LogP) is -1.29. The van der Waals surface area contributed by atoms with E-state index >= 15 is 0 Å².